The van der Waals surface area contributed by atoms with Crippen LogP contribution in [0.5, 0.6) is 0 Å². The van der Waals surface area contributed by atoms with Crippen LogP contribution in [-0.4, -0.2) is 52.1 Å². The molecule has 3 aliphatic heterocycles. The summed E-state index contributed by atoms with van der Waals surface area (Å²) in [6.07, 6.45) is 15.8. The molecule has 4 aliphatic rings. The van der Waals surface area contributed by atoms with Crippen LogP contribution in [0.1, 0.15) is 43.4 Å². The third kappa shape index (κ3) is 5.10. The van der Waals surface area contributed by atoms with Gasteiger partial charge in [-0.1, -0.05) is 71.3 Å². The highest BCUT2D eigenvalue weighted by molar-refractivity contribution is 6.25. The molecule has 9 nitrogen and oxygen atoms in total. The molecule has 3 heterocycles. The number of rotatable bonds is 6. The highest BCUT2D eigenvalue weighted by atomic mass is 16.2. The molecule has 2 aromatic rings. The van der Waals surface area contributed by atoms with Gasteiger partial charge in [-0.25, -0.2) is 9.91 Å². The molecule has 3 amide bonds. The van der Waals surface area contributed by atoms with Gasteiger partial charge in [0.2, 0.25) is 0 Å². The third-order valence-corrected chi connectivity index (χ3v) is 8.39. The molecule has 9 heteroatoms. The number of carbonyl (C=O) groups excluding carboxylic acids is 3. The molecule has 43 heavy (non-hydrogen) atoms. The summed E-state index contributed by atoms with van der Waals surface area (Å²) >= 11 is 0. The molecule has 0 bridgehead atoms. The molecular formula is C34H32N6O3. The van der Waals surface area contributed by atoms with E-state index in [0.717, 1.165) is 52.1 Å². The Balaban J connectivity index is 1.29. The van der Waals surface area contributed by atoms with Gasteiger partial charge in [0.25, 0.3) is 17.7 Å². The molecule has 6 rings (SSSR count). The summed E-state index contributed by atoms with van der Waals surface area (Å²) in [5, 5.41) is 16.0. The van der Waals surface area contributed by atoms with Crippen molar-refractivity contribution in [3.8, 4) is 12.3 Å². The first kappa shape index (κ1) is 28.0. The van der Waals surface area contributed by atoms with Gasteiger partial charge in [0.1, 0.15) is 6.54 Å². The van der Waals surface area contributed by atoms with Gasteiger partial charge in [0, 0.05) is 5.92 Å². The number of imide groups is 1. The number of aryl methyl sites for hydroxylation is 1. The van der Waals surface area contributed by atoms with Crippen LogP contribution in [0.15, 0.2) is 105 Å². The Hall–Kier alpha value is -5.10. The molecule has 0 radical (unpaired) electrons. The monoisotopic (exact) mass is 572 g/mol. The van der Waals surface area contributed by atoms with E-state index in [-0.39, 0.29) is 24.4 Å². The van der Waals surface area contributed by atoms with Gasteiger partial charge >= 0.3 is 0 Å². The van der Waals surface area contributed by atoms with Crippen molar-refractivity contribution in [2.75, 3.05) is 11.4 Å². The topological polar surface area (TPSA) is 98.0 Å². The van der Waals surface area contributed by atoms with Crippen LogP contribution in [0.2, 0.25) is 0 Å². The van der Waals surface area contributed by atoms with Crippen molar-refractivity contribution in [1.29, 1.82) is 0 Å². The van der Waals surface area contributed by atoms with Gasteiger partial charge in [-0.2, -0.15) is 10.2 Å². The van der Waals surface area contributed by atoms with Crippen LogP contribution in [0, 0.1) is 25.2 Å². The molecule has 2 fully saturated rings. The average Bonchev–Trinajstić information content (AvgIpc) is 3.69. The Kier molecular flexibility index (Phi) is 7.59. The van der Waals surface area contributed by atoms with Gasteiger partial charge in [-0.3, -0.25) is 19.4 Å². The molecule has 1 saturated carbocycles. The number of benzene rings is 2. The second-order valence-corrected chi connectivity index (χ2v) is 11.1. The second kappa shape index (κ2) is 11.6. The lowest BCUT2D eigenvalue weighted by Gasteiger charge is -2.30. The number of hydrogen-bond acceptors (Lipinski definition) is 7. The van der Waals surface area contributed by atoms with Crippen molar-refractivity contribution in [3.63, 3.8) is 0 Å². The first-order valence-electron chi connectivity index (χ1n) is 14.5. The van der Waals surface area contributed by atoms with Crippen molar-refractivity contribution in [1.82, 2.24) is 10.0 Å². The molecule has 216 valence electrons. The van der Waals surface area contributed by atoms with E-state index >= 15 is 0 Å². The number of amides is 3. The molecule has 1 saturated heterocycles. The van der Waals surface area contributed by atoms with Crippen LogP contribution in [0.4, 0.5) is 5.69 Å². The van der Waals surface area contributed by atoms with Crippen molar-refractivity contribution >= 4 is 29.1 Å². The van der Waals surface area contributed by atoms with Crippen molar-refractivity contribution in [2.45, 2.75) is 51.2 Å². The zero-order chi connectivity index (χ0) is 30.1. The average molecular weight is 573 g/mol. The zero-order valence-corrected chi connectivity index (χ0v) is 24.1. The number of anilines is 1. The van der Waals surface area contributed by atoms with E-state index in [1.54, 1.807) is 23.2 Å². The predicted molar refractivity (Wildman–Crippen MR) is 163 cm³/mol. The van der Waals surface area contributed by atoms with Crippen LogP contribution in [-0.2, 0) is 14.4 Å². The van der Waals surface area contributed by atoms with Crippen molar-refractivity contribution in [3.05, 3.63) is 101 Å². The summed E-state index contributed by atoms with van der Waals surface area (Å²) in [6.45, 7) is 3.66. The van der Waals surface area contributed by atoms with E-state index in [2.05, 4.69) is 22.3 Å². The smallest absolute Gasteiger partial charge is 0.264 e. The molecule has 1 aliphatic carbocycles. The minimum atomic E-state index is -0.983. The Bertz CT molecular complexity index is 1650. The molecule has 0 unspecified atom stereocenters. The van der Waals surface area contributed by atoms with E-state index in [1.807, 2.05) is 68.5 Å². The van der Waals surface area contributed by atoms with Crippen LogP contribution >= 0.6 is 0 Å². The SMILES string of the molecule is C#C\C=C/C(=C\C)/C=C1\CCC[C@H]2C1=NN(C(=O)CN1N=N[C@H]3C(=O)N(c4ccc(C)cc4)C(=O)[C@H]31)[C@@H]2c1ccccc1. The lowest BCUT2D eigenvalue weighted by atomic mass is 9.77. The van der Waals surface area contributed by atoms with Gasteiger partial charge in [0.15, 0.2) is 12.1 Å². The highest BCUT2D eigenvalue weighted by Crippen LogP contribution is 2.44. The van der Waals surface area contributed by atoms with Crippen LogP contribution in [0.25, 0.3) is 0 Å². The Labute approximate surface area is 250 Å². The molecule has 0 aromatic heterocycles. The number of allylic oxidation sites excluding steroid dienone is 6. The first-order chi connectivity index (χ1) is 20.9. The minimum absolute atomic E-state index is 0.0146. The van der Waals surface area contributed by atoms with Gasteiger partial charge in [0.05, 0.1) is 17.4 Å². The molecular weight excluding hydrogens is 540 g/mol. The normalized spacial score (nSPS) is 25.9. The molecule has 0 N–H and O–H groups in total. The summed E-state index contributed by atoms with van der Waals surface area (Å²) < 4.78 is 0. The lowest BCUT2D eigenvalue weighted by molar-refractivity contribution is -0.136. The number of terminal acetylenes is 1. The summed E-state index contributed by atoms with van der Waals surface area (Å²) in [4.78, 5) is 41.8. The van der Waals surface area contributed by atoms with Crippen molar-refractivity contribution in [2.24, 2.45) is 21.4 Å². The number of hydrogen-bond donors (Lipinski definition) is 0. The van der Waals surface area contributed by atoms with Gasteiger partial charge in [-0.05, 0) is 74.1 Å². The van der Waals surface area contributed by atoms with Crippen LogP contribution < -0.4 is 4.90 Å². The van der Waals surface area contributed by atoms with E-state index in [1.165, 1.54) is 5.01 Å². The number of fused-ring (bicyclic) bond motifs is 2. The first-order valence-corrected chi connectivity index (χ1v) is 14.5. The molecule has 4 atom stereocenters. The fourth-order valence-corrected chi connectivity index (χ4v) is 6.28. The molecule has 0 spiro atoms. The largest absolute Gasteiger partial charge is 0.271 e. The summed E-state index contributed by atoms with van der Waals surface area (Å²) in [6, 6.07) is 14.8. The third-order valence-electron chi connectivity index (χ3n) is 8.39. The summed E-state index contributed by atoms with van der Waals surface area (Å²) in [5.74, 6) is 1.34. The lowest BCUT2D eigenvalue weighted by Crippen LogP contribution is -2.45. The van der Waals surface area contributed by atoms with E-state index in [4.69, 9.17) is 11.5 Å². The zero-order valence-electron chi connectivity index (χ0n) is 24.1. The maximum absolute atomic E-state index is 14.0. The Morgan fingerprint density at radius 1 is 1.07 bits per heavy atom. The van der Waals surface area contributed by atoms with E-state index in [9.17, 15) is 14.4 Å². The summed E-state index contributed by atoms with van der Waals surface area (Å²) in [5.41, 5.74) is 5.42. The fraction of sp³-hybridized carbons (Fsp3) is 0.294. The van der Waals surface area contributed by atoms with Gasteiger partial charge < -0.3 is 0 Å². The molecule has 2 aromatic carbocycles. The second-order valence-electron chi connectivity index (χ2n) is 11.1. The Morgan fingerprint density at radius 2 is 1.84 bits per heavy atom. The Morgan fingerprint density at radius 3 is 2.56 bits per heavy atom. The van der Waals surface area contributed by atoms with E-state index < -0.39 is 23.9 Å². The fourth-order valence-electron chi connectivity index (χ4n) is 6.28. The van der Waals surface area contributed by atoms with Crippen LogP contribution in [0.3, 0.4) is 0 Å². The summed E-state index contributed by atoms with van der Waals surface area (Å²) in [7, 11) is 0. The minimum Gasteiger partial charge on any atom is -0.271 e. The number of nitrogens with zero attached hydrogens (tertiary/aromatic N) is 6. The number of hydrazone groups is 1. The predicted octanol–water partition coefficient (Wildman–Crippen LogP) is 5.09. The highest BCUT2D eigenvalue weighted by Gasteiger charge is 2.55. The van der Waals surface area contributed by atoms with Crippen molar-refractivity contribution < 1.29 is 14.4 Å². The van der Waals surface area contributed by atoms with Gasteiger partial charge in [-0.15, -0.1) is 6.42 Å². The number of carbonyl (C=O) groups is 3. The maximum atomic E-state index is 14.0. The maximum Gasteiger partial charge on any atom is 0.264 e. The van der Waals surface area contributed by atoms with E-state index in [0.29, 0.717) is 5.69 Å². The standard InChI is InChI=1S/C34H32N6O3/c1-4-6-11-23(5-2)20-25-14-10-15-27-29(25)36-40(31(27)24-12-8-7-9-13-24)28(41)21-38-32-30(35-37-38)33(42)39(34(32)43)26-18-16-22(3)17-19-26/h1,5-9,11-13,16-20,27,30-32H,10,14-15,21H2,2-3H3/b11-6-,23-5+,25-20+/t27-,30+,31+,32-/m0/s1. The quantitative estimate of drug-likeness (QED) is 0.274.